The molecule has 3 rings (SSSR count). The number of anilines is 1. The molecule has 1 aliphatic rings. The molecular weight excluding hydrogens is 226 g/mol. The van der Waals surface area contributed by atoms with Crippen molar-refractivity contribution in [1.82, 2.24) is 4.98 Å². The van der Waals surface area contributed by atoms with Gasteiger partial charge in [0.25, 0.3) is 0 Å². The van der Waals surface area contributed by atoms with Crippen LogP contribution in [-0.4, -0.2) is 4.98 Å². The number of aromatic nitrogens is 1. The number of rotatable bonds is 1. The van der Waals surface area contributed by atoms with Gasteiger partial charge in [0.15, 0.2) is 10.9 Å². The molecule has 2 N–H and O–H groups in total. The van der Waals surface area contributed by atoms with Gasteiger partial charge in [0.1, 0.15) is 0 Å². The summed E-state index contributed by atoms with van der Waals surface area (Å²) in [6.07, 6.45) is 4.84. The Morgan fingerprint density at radius 1 is 1.28 bits per heavy atom. The molecule has 0 fully saturated rings. The minimum absolute atomic E-state index is 0.557. The van der Waals surface area contributed by atoms with Crippen molar-refractivity contribution in [1.29, 1.82) is 0 Å². The van der Waals surface area contributed by atoms with E-state index in [0.717, 1.165) is 23.1 Å². The lowest BCUT2D eigenvalue weighted by Crippen LogP contribution is -2.21. The number of benzene rings is 1. The summed E-state index contributed by atoms with van der Waals surface area (Å²) >= 11 is 0. The van der Waals surface area contributed by atoms with Crippen LogP contribution in [0.5, 0.6) is 0 Å². The van der Waals surface area contributed by atoms with Crippen LogP contribution >= 0.6 is 0 Å². The van der Waals surface area contributed by atoms with Crippen molar-refractivity contribution in [3.8, 4) is 11.5 Å². The topological polar surface area (TPSA) is 64.4 Å². The highest BCUT2D eigenvalue weighted by Gasteiger charge is 2.07. The number of allylic oxidation sites excluding steroid dienone is 2. The van der Waals surface area contributed by atoms with Crippen LogP contribution < -0.4 is 16.6 Å². The SMILES string of the molecule is CC1=CCC=c2oc(-c3cccc(N)c3)nc2=N1. The number of nitrogen functional groups attached to an aromatic ring is 1. The van der Waals surface area contributed by atoms with Crippen LogP contribution in [0.2, 0.25) is 0 Å². The van der Waals surface area contributed by atoms with Gasteiger partial charge in [-0.15, -0.1) is 0 Å². The highest BCUT2D eigenvalue weighted by Crippen LogP contribution is 2.17. The third-order valence-corrected chi connectivity index (χ3v) is 2.77. The summed E-state index contributed by atoms with van der Waals surface area (Å²) in [6, 6.07) is 7.48. The maximum Gasteiger partial charge on any atom is 0.228 e. The Balaban J connectivity index is 2.18. The summed E-state index contributed by atoms with van der Waals surface area (Å²) in [4.78, 5) is 8.81. The van der Waals surface area contributed by atoms with Crippen molar-refractivity contribution in [2.75, 3.05) is 5.73 Å². The Hall–Kier alpha value is -2.36. The second-order valence-electron chi connectivity index (χ2n) is 4.23. The van der Waals surface area contributed by atoms with E-state index in [1.807, 2.05) is 43.3 Å². The molecule has 0 saturated carbocycles. The number of nitrogens with two attached hydrogens (primary N) is 1. The zero-order valence-electron chi connectivity index (χ0n) is 10.1. The first-order valence-corrected chi connectivity index (χ1v) is 5.81. The zero-order valence-corrected chi connectivity index (χ0v) is 10.1. The van der Waals surface area contributed by atoms with Gasteiger partial charge in [0.2, 0.25) is 5.89 Å². The largest absolute Gasteiger partial charge is 0.435 e. The molecule has 4 nitrogen and oxygen atoms in total. The number of oxazole rings is 1. The molecule has 0 saturated heterocycles. The van der Waals surface area contributed by atoms with Gasteiger partial charge in [-0.05, 0) is 37.6 Å². The van der Waals surface area contributed by atoms with Gasteiger partial charge in [0.05, 0.1) is 0 Å². The second kappa shape index (κ2) is 4.14. The van der Waals surface area contributed by atoms with Gasteiger partial charge < -0.3 is 10.2 Å². The molecular formula is C14H13N3O. The molecule has 90 valence electrons. The van der Waals surface area contributed by atoms with Crippen molar-refractivity contribution in [3.63, 3.8) is 0 Å². The summed E-state index contributed by atoms with van der Waals surface area (Å²) in [5.41, 5.74) is 9.63. The summed E-state index contributed by atoms with van der Waals surface area (Å²) in [6.45, 7) is 1.96. The van der Waals surface area contributed by atoms with Gasteiger partial charge in [-0.25, -0.2) is 4.99 Å². The third kappa shape index (κ3) is 1.93. The number of hydrogen-bond acceptors (Lipinski definition) is 4. The quantitative estimate of drug-likeness (QED) is 0.769. The number of hydrogen-bond donors (Lipinski definition) is 1. The highest BCUT2D eigenvalue weighted by atomic mass is 16.3. The van der Waals surface area contributed by atoms with Gasteiger partial charge >= 0.3 is 0 Å². The molecule has 0 radical (unpaired) electrons. The van der Waals surface area contributed by atoms with E-state index in [0.29, 0.717) is 17.1 Å². The lowest BCUT2D eigenvalue weighted by atomic mass is 10.2. The van der Waals surface area contributed by atoms with E-state index in [1.165, 1.54) is 0 Å². The Kier molecular flexibility index (Phi) is 2.48. The number of fused-ring (bicyclic) bond motifs is 1. The molecule has 1 aromatic carbocycles. The normalized spacial score (nSPS) is 13.9. The molecule has 1 aromatic heterocycles. The monoisotopic (exact) mass is 239 g/mol. The van der Waals surface area contributed by atoms with Gasteiger partial charge in [-0.2, -0.15) is 4.98 Å². The third-order valence-electron chi connectivity index (χ3n) is 2.77. The minimum Gasteiger partial charge on any atom is -0.435 e. The lowest BCUT2D eigenvalue weighted by molar-refractivity contribution is 0.538. The van der Waals surface area contributed by atoms with Gasteiger partial charge in [-0.1, -0.05) is 12.1 Å². The number of nitrogens with zero attached hydrogens (tertiary/aromatic N) is 2. The molecule has 0 bridgehead atoms. The van der Waals surface area contributed by atoms with E-state index >= 15 is 0 Å². The van der Waals surface area contributed by atoms with Crippen LogP contribution in [0, 0.1) is 0 Å². The predicted octanol–water partition coefficient (Wildman–Crippen LogP) is 1.63. The van der Waals surface area contributed by atoms with Crippen molar-refractivity contribution >= 4 is 11.8 Å². The maximum absolute atomic E-state index is 5.76. The summed E-state index contributed by atoms with van der Waals surface area (Å²) in [5, 5.41) is 0. The average Bonchev–Trinajstić information content (AvgIpc) is 2.65. The molecule has 2 heterocycles. The maximum atomic E-state index is 5.76. The second-order valence-corrected chi connectivity index (χ2v) is 4.23. The zero-order chi connectivity index (χ0) is 12.5. The van der Waals surface area contributed by atoms with Crippen molar-refractivity contribution in [2.24, 2.45) is 4.99 Å². The lowest BCUT2D eigenvalue weighted by Gasteiger charge is -1.96. The first kappa shape index (κ1) is 10.8. The highest BCUT2D eigenvalue weighted by molar-refractivity contribution is 5.59. The van der Waals surface area contributed by atoms with E-state index in [9.17, 15) is 0 Å². The van der Waals surface area contributed by atoms with E-state index in [1.54, 1.807) is 0 Å². The van der Waals surface area contributed by atoms with Crippen molar-refractivity contribution < 1.29 is 4.42 Å². The fraction of sp³-hybridized carbons (Fsp3) is 0.143. The van der Waals surface area contributed by atoms with Crippen molar-refractivity contribution in [3.05, 3.63) is 46.9 Å². The van der Waals surface area contributed by atoms with Crippen LogP contribution in [0.1, 0.15) is 13.3 Å². The summed E-state index contributed by atoms with van der Waals surface area (Å²) < 4.78 is 5.73. The fourth-order valence-corrected chi connectivity index (χ4v) is 1.88. The Morgan fingerprint density at radius 2 is 2.17 bits per heavy atom. The van der Waals surface area contributed by atoms with Gasteiger partial charge in [0, 0.05) is 16.9 Å². The minimum atomic E-state index is 0.557. The summed E-state index contributed by atoms with van der Waals surface area (Å²) in [5.74, 6) is 0.557. The van der Waals surface area contributed by atoms with Crippen LogP contribution in [0.4, 0.5) is 5.69 Å². The molecule has 1 aliphatic heterocycles. The molecule has 4 heteroatoms. The molecule has 0 amide bonds. The molecule has 0 atom stereocenters. The van der Waals surface area contributed by atoms with Crippen LogP contribution in [0.25, 0.3) is 17.5 Å². The standard InChI is InChI=1S/C14H13N3O/c1-9-4-2-7-12-13(16-9)17-14(18-12)10-5-3-6-11(15)8-10/h3-8H,2,15H2,1H3. The Bertz CT molecular complexity index is 741. The molecule has 0 unspecified atom stereocenters. The Morgan fingerprint density at radius 3 is 3.00 bits per heavy atom. The van der Waals surface area contributed by atoms with Crippen LogP contribution in [0.3, 0.4) is 0 Å². The van der Waals surface area contributed by atoms with E-state index in [2.05, 4.69) is 9.98 Å². The summed E-state index contributed by atoms with van der Waals surface area (Å²) in [7, 11) is 0. The molecule has 0 spiro atoms. The van der Waals surface area contributed by atoms with Crippen molar-refractivity contribution in [2.45, 2.75) is 13.3 Å². The van der Waals surface area contributed by atoms with Crippen LogP contribution in [-0.2, 0) is 0 Å². The molecule has 2 aromatic rings. The van der Waals surface area contributed by atoms with E-state index in [4.69, 9.17) is 10.2 Å². The molecule has 18 heavy (non-hydrogen) atoms. The first-order valence-electron chi connectivity index (χ1n) is 5.81. The first-order chi connectivity index (χ1) is 8.72. The average molecular weight is 239 g/mol. The van der Waals surface area contributed by atoms with E-state index in [-0.39, 0.29) is 0 Å². The Labute approximate surface area is 104 Å². The smallest absolute Gasteiger partial charge is 0.228 e. The van der Waals surface area contributed by atoms with Crippen LogP contribution in [0.15, 0.2) is 45.4 Å². The predicted molar refractivity (Wildman–Crippen MR) is 70.0 cm³/mol. The van der Waals surface area contributed by atoms with E-state index < -0.39 is 0 Å². The molecule has 0 aliphatic carbocycles. The van der Waals surface area contributed by atoms with Gasteiger partial charge in [-0.3, -0.25) is 0 Å². The fourth-order valence-electron chi connectivity index (χ4n) is 1.88.